The van der Waals surface area contributed by atoms with Crippen LogP contribution in [0.3, 0.4) is 0 Å². The van der Waals surface area contributed by atoms with Crippen molar-refractivity contribution in [1.29, 1.82) is 0 Å². The van der Waals surface area contributed by atoms with Crippen LogP contribution in [0.15, 0.2) is 18.2 Å². The van der Waals surface area contributed by atoms with E-state index >= 15 is 0 Å². The number of hydrogen-bond acceptors (Lipinski definition) is 1. The van der Waals surface area contributed by atoms with E-state index in [1.54, 1.807) is 0 Å². The summed E-state index contributed by atoms with van der Waals surface area (Å²) in [6.07, 6.45) is 0.239. The second-order valence-corrected chi connectivity index (χ2v) is 5.14. The average molecular weight is 304 g/mol. The molecule has 0 aliphatic rings. The van der Waals surface area contributed by atoms with Gasteiger partial charge in [-0.2, -0.15) is 0 Å². The first kappa shape index (κ1) is 11.8. The minimum atomic E-state index is 0.239. The van der Waals surface area contributed by atoms with Gasteiger partial charge in [0.2, 0.25) is 0 Å². The van der Waals surface area contributed by atoms with E-state index in [-0.39, 0.29) is 6.10 Å². The highest BCUT2D eigenvalue weighted by Crippen LogP contribution is 2.31. The van der Waals surface area contributed by atoms with Gasteiger partial charge in [-0.1, -0.05) is 26.0 Å². The molecule has 1 rings (SSSR count). The zero-order chi connectivity index (χ0) is 10.7. The van der Waals surface area contributed by atoms with Crippen LogP contribution in [0.4, 0.5) is 0 Å². The van der Waals surface area contributed by atoms with Gasteiger partial charge in [-0.05, 0) is 54.0 Å². The Morgan fingerprint density at radius 1 is 1.14 bits per heavy atom. The Labute approximate surface area is 100.0 Å². The summed E-state index contributed by atoms with van der Waals surface area (Å²) in [6.45, 7) is 8.51. The van der Waals surface area contributed by atoms with Crippen LogP contribution in [0.25, 0.3) is 0 Å². The van der Waals surface area contributed by atoms with Gasteiger partial charge in [-0.25, -0.2) is 0 Å². The summed E-state index contributed by atoms with van der Waals surface area (Å²) >= 11 is 2.33. The molecule has 0 saturated heterocycles. The van der Waals surface area contributed by atoms with Crippen LogP contribution in [0, 0.1) is 3.57 Å². The van der Waals surface area contributed by atoms with E-state index in [4.69, 9.17) is 4.74 Å². The zero-order valence-electron chi connectivity index (χ0n) is 9.17. The van der Waals surface area contributed by atoms with Gasteiger partial charge in [0.05, 0.1) is 9.67 Å². The second kappa shape index (κ2) is 5.01. The number of para-hydroxylation sites is 1. The molecule has 1 aromatic carbocycles. The van der Waals surface area contributed by atoms with E-state index < -0.39 is 0 Å². The van der Waals surface area contributed by atoms with Crippen LogP contribution < -0.4 is 4.74 Å². The first-order chi connectivity index (χ1) is 6.52. The quantitative estimate of drug-likeness (QED) is 0.760. The van der Waals surface area contributed by atoms with Gasteiger partial charge in [0.15, 0.2) is 0 Å². The number of ether oxygens (including phenoxy) is 1. The number of hydrogen-bond donors (Lipinski definition) is 0. The fraction of sp³-hybridized carbons (Fsp3) is 0.500. The molecule has 0 aromatic heterocycles. The monoisotopic (exact) mass is 304 g/mol. The Bertz CT molecular complexity index is 305. The molecule has 0 spiro atoms. The first-order valence-corrected chi connectivity index (χ1v) is 6.05. The third-order valence-electron chi connectivity index (χ3n) is 1.97. The Morgan fingerprint density at radius 2 is 1.79 bits per heavy atom. The summed E-state index contributed by atoms with van der Waals surface area (Å²) in [6, 6.07) is 6.32. The van der Waals surface area contributed by atoms with Gasteiger partial charge in [0.1, 0.15) is 5.75 Å². The second-order valence-electron chi connectivity index (χ2n) is 3.98. The van der Waals surface area contributed by atoms with Crippen molar-refractivity contribution < 1.29 is 4.74 Å². The molecule has 0 heterocycles. The lowest BCUT2D eigenvalue weighted by Gasteiger charge is -2.17. The third kappa shape index (κ3) is 2.87. The molecule has 0 aliphatic carbocycles. The molecule has 0 N–H and O–H groups in total. The van der Waals surface area contributed by atoms with Crippen molar-refractivity contribution in [3.63, 3.8) is 0 Å². The topological polar surface area (TPSA) is 9.23 Å². The van der Waals surface area contributed by atoms with Crippen LogP contribution in [-0.2, 0) is 0 Å². The molecule has 0 aliphatic heterocycles. The lowest BCUT2D eigenvalue weighted by atomic mass is 10.0. The van der Waals surface area contributed by atoms with Crippen molar-refractivity contribution in [3.05, 3.63) is 27.3 Å². The van der Waals surface area contributed by atoms with E-state index in [2.05, 4.69) is 68.5 Å². The van der Waals surface area contributed by atoms with E-state index in [1.165, 1.54) is 9.13 Å². The maximum absolute atomic E-state index is 5.83. The average Bonchev–Trinajstić information content (AvgIpc) is 2.07. The minimum Gasteiger partial charge on any atom is -0.490 e. The number of rotatable bonds is 3. The van der Waals surface area contributed by atoms with Crippen molar-refractivity contribution in [3.8, 4) is 5.75 Å². The molecule has 0 radical (unpaired) electrons. The lowest BCUT2D eigenvalue weighted by molar-refractivity contribution is 0.237. The Balaban J connectivity index is 3.09. The lowest BCUT2D eigenvalue weighted by Crippen LogP contribution is -2.09. The molecule has 0 unspecified atom stereocenters. The highest BCUT2D eigenvalue weighted by molar-refractivity contribution is 14.1. The molecule has 1 aromatic rings. The summed E-state index contributed by atoms with van der Waals surface area (Å²) in [5.41, 5.74) is 1.30. The van der Waals surface area contributed by atoms with Crippen molar-refractivity contribution in [1.82, 2.24) is 0 Å². The maximum atomic E-state index is 5.83. The van der Waals surface area contributed by atoms with Gasteiger partial charge in [0.25, 0.3) is 0 Å². The molecule has 2 heteroatoms. The van der Waals surface area contributed by atoms with Crippen molar-refractivity contribution in [2.24, 2.45) is 0 Å². The van der Waals surface area contributed by atoms with Gasteiger partial charge >= 0.3 is 0 Å². The summed E-state index contributed by atoms with van der Waals surface area (Å²) in [5, 5.41) is 0. The molecule has 14 heavy (non-hydrogen) atoms. The smallest absolute Gasteiger partial charge is 0.136 e. The van der Waals surface area contributed by atoms with E-state index in [0.717, 1.165) is 5.75 Å². The first-order valence-electron chi connectivity index (χ1n) is 4.97. The van der Waals surface area contributed by atoms with Crippen LogP contribution in [0.5, 0.6) is 5.75 Å². The molecule has 0 saturated carbocycles. The van der Waals surface area contributed by atoms with Crippen LogP contribution in [-0.4, -0.2) is 6.10 Å². The molecule has 1 nitrogen and oxygen atoms in total. The van der Waals surface area contributed by atoms with Crippen LogP contribution >= 0.6 is 22.6 Å². The fourth-order valence-electron chi connectivity index (χ4n) is 1.34. The summed E-state index contributed by atoms with van der Waals surface area (Å²) < 4.78 is 7.03. The van der Waals surface area contributed by atoms with Gasteiger partial charge in [-0.15, -0.1) is 0 Å². The third-order valence-corrected chi connectivity index (χ3v) is 2.82. The van der Waals surface area contributed by atoms with E-state index in [9.17, 15) is 0 Å². The molecule has 78 valence electrons. The van der Waals surface area contributed by atoms with Gasteiger partial charge in [0, 0.05) is 0 Å². The normalized spacial score (nSPS) is 11.1. The summed E-state index contributed by atoms with van der Waals surface area (Å²) in [5.74, 6) is 1.57. The highest BCUT2D eigenvalue weighted by Gasteiger charge is 2.11. The molecule has 0 bridgehead atoms. The number of halogens is 1. The van der Waals surface area contributed by atoms with Crippen LogP contribution in [0.1, 0.15) is 39.2 Å². The zero-order valence-corrected chi connectivity index (χ0v) is 11.3. The van der Waals surface area contributed by atoms with Crippen molar-refractivity contribution in [2.45, 2.75) is 39.7 Å². The van der Waals surface area contributed by atoms with Crippen molar-refractivity contribution >= 4 is 22.6 Å². The highest BCUT2D eigenvalue weighted by atomic mass is 127. The van der Waals surface area contributed by atoms with E-state index in [0.29, 0.717) is 5.92 Å². The standard InChI is InChI=1S/C12H17IO/c1-8(2)10-6-5-7-11(13)12(10)14-9(3)4/h5-9H,1-4H3. The molecule has 0 fully saturated rings. The minimum absolute atomic E-state index is 0.239. The Morgan fingerprint density at radius 3 is 2.29 bits per heavy atom. The number of benzene rings is 1. The molecular formula is C12H17IO. The SMILES string of the molecule is CC(C)Oc1c(I)cccc1C(C)C. The molecule has 0 amide bonds. The predicted octanol–water partition coefficient (Wildman–Crippen LogP) is 4.20. The fourth-order valence-corrected chi connectivity index (χ4v) is 1.99. The van der Waals surface area contributed by atoms with Gasteiger partial charge < -0.3 is 4.74 Å². The van der Waals surface area contributed by atoms with Gasteiger partial charge in [-0.3, -0.25) is 0 Å². The summed E-state index contributed by atoms with van der Waals surface area (Å²) in [7, 11) is 0. The predicted molar refractivity (Wildman–Crippen MR) is 69.0 cm³/mol. The largest absolute Gasteiger partial charge is 0.490 e. The van der Waals surface area contributed by atoms with Crippen molar-refractivity contribution in [2.75, 3.05) is 0 Å². The van der Waals surface area contributed by atoms with Crippen LogP contribution in [0.2, 0.25) is 0 Å². The summed E-state index contributed by atoms with van der Waals surface area (Å²) in [4.78, 5) is 0. The Hall–Kier alpha value is -0.250. The Kier molecular flexibility index (Phi) is 4.23. The maximum Gasteiger partial charge on any atom is 0.136 e. The molecular weight excluding hydrogens is 287 g/mol. The molecule has 0 atom stereocenters. The van der Waals surface area contributed by atoms with E-state index in [1.807, 2.05) is 0 Å².